The van der Waals surface area contributed by atoms with Crippen molar-refractivity contribution in [3.05, 3.63) is 69.2 Å². The molecular formula is C18H21N5O2. The minimum Gasteiger partial charge on any atom is -0.361 e. The number of hydrogen-bond acceptors (Lipinski definition) is 6. The third-order valence-electron chi connectivity index (χ3n) is 4.14. The third-order valence-corrected chi connectivity index (χ3v) is 4.14. The van der Waals surface area contributed by atoms with Gasteiger partial charge >= 0.3 is 0 Å². The summed E-state index contributed by atoms with van der Waals surface area (Å²) >= 11 is 0. The van der Waals surface area contributed by atoms with Crippen molar-refractivity contribution in [2.45, 2.75) is 39.7 Å². The lowest BCUT2D eigenvalue weighted by Crippen LogP contribution is -2.16. The van der Waals surface area contributed by atoms with Crippen LogP contribution in [0.15, 0.2) is 39.9 Å². The van der Waals surface area contributed by atoms with E-state index in [4.69, 9.17) is 4.52 Å². The Morgan fingerprint density at radius 3 is 2.84 bits per heavy atom. The van der Waals surface area contributed by atoms with Crippen LogP contribution >= 0.6 is 0 Å². The van der Waals surface area contributed by atoms with Crippen LogP contribution in [-0.4, -0.2) is 20.1 Å². The van der Waals surface area contributed by atoms with E-state index in [0.717, 1.165) is 34.7 Å². The molecule has 25 heavy (non-hydrogen) atoms. The van der Waals surface area contributed by atoms with Gasteiger partial charge in [-0.25, -0.2) is 4.98 Å². The molecule has 7 nitrogen and oxygen atoms in total. The Bertz CT molecular complexity index is 882. The highest BCUT2D eigenvalue weighted by Gasteiger charge is 2.11. The average molecular weight is 339 g/mol. The van der Waals surface area contributed by atoms with Crippen LogP contribution in [0.25, 0.3) is 0 Å². The summed E-state index contributed by atoms with van der Waals surface area (Å²) in [4.78, 5) is 23.3. The minimum absolute atomic E-state index is 0.0188. The van der Waals surface area contributed by atoms with Crippen LogP contribution in [0.4, 0.5) is 5.95 Å². The van der Waals surface area contributed by atoms with Crippen LogP contribution in [0.3, 0.4) is 0 Å². The fourth-order valence-electron chi connectivity index (χ4n) is 2.74. The molecule has 1 atom stereocenters. The van der Waals surface area contributed by atoms with E-state index in [2.05, 4.69) is 25.4 Å². The lowest BCUT2D eigenvalue weighted by molar-refractivity contribution is 0.392. The summed E-state index contributed by atoms with van der Waals surface area (Å²) in [5.41, 5.74) is 3.52. The van der Waals surface area contributed by atoms with Crippen LogP contribution in [0.1, 0.15) is 41.2 Å². The maximum Gasteiger partial charge on any atom is 0.252 e. The van der Waals surface area contributed by atoms with Crippen molar-refractivity contribution in [1.82, 2.24) is 20.1 Å². The summed E-state index contributed by atoms with van der Waals surface area (Å²) in [5.74, 6) is 1.27. The molecule has 0 saturated heterocycles. The smallest absolute Gasteiger partial charge is 0.252 e. The zero-order chi connectivity index (χ0) is 17.8. The lowest BCUT2D eigenvalue weighted by Gasteiger charge is -2.14. The monoisotopic (exact) mass is 339 g/mol. The van der Waals surface area contributed by atoms with Gasteiger partial charge in [-0.1, -0.05) is 11.2 Å². The molecule has 0 spiro atoms. The van der Waals surface area contributed by atoms with Gasteiger partial charge in [0.05, 0.1) is 17.4 Å². The lowest BCUT2D eigenvalue weighted by atomic mass is 10.1. The van der Waals surface area contributed by atoms with Crippen LogP contribution < -0.4 is 10.9 Å². The van der Waals surface area contributed by atoms with Crippen LogP contribution in [0.2, 0.25) is 0 Å². The second-order valence-electron chi connectivity index (χ2n) is 6.04. The van der Waals surface area contributed by atoms with Crippen LogP contribution in [0.5, 0.6) is 0 Å². The van der Waals surface area contributed by atoms with Gasteiger partial charge in [-0.3, -0.25) is 14.8 Å². The van der Waals surface area contributed by atoms with E-state index >= 15 is 0 Å². The Morgan fingerprint density at radius 2 is 2.16 bits per heavy atom. The number of pyridine rings is 1. The number of nitrogens with one attached hydrogen (secondary N) is 2. The summed E-state index contributed by atoms with van der Waals surface area (Å²) in [6.07, 6.45) is 4.89. The molecule has 0 bridgehead atoms. The second-order valence-corrected chi connectivity index (χ2v) is 6.04. The van der Waals surface area contributed by atoms with E-state index < -0.39 is 0 Å². The van der Waals surface area contributed by atoms with Gasteiger partial charge in [-0.15, -0.1) is 0 Å². The van der Waals surface area contributed by atoms with E-state index in [9.17, 15) is 4.79 Å². The molecule has 0 aliphatic rings. The number of anilines is 1. The Kier molecular flexibility index (Phi) is 4.92. The Balaban J connectivity index is 1.73. The Labute approximate surface area is 145 Å². The highest BCUT2D eigenvalue weighted by atomic mass is 16.5. The molecule has 3 rings (SSSR count). The zero-order valence-electron chi connectivity index (χ0n) is 14.5. The maximum atomic E-state index is 11.9. The van der Waals surface area contributed by atoms with Crippen molar-refractivity contribution in [1.29, 1.82) is 0 Å². The van der Waals surface area contributed by atoms with Gasteiger partial charge in [0.1, 0.15) is 5.76 Å². The van der Waals surface area contributed by atoms with Crippen molar-refractivity contribution in [3.63, 3.8) is 0 Å². The highest BCUT2D eigenvalue weighted by molar-refractivity contribution is 5.31. The largest absolute Gasteiger partial charge is 0.361 e. The van der Waals surface area contributed by atoms with E-state index in [0.29, 0.717) is 12.4 Å². The molecule has 3 aromatic rings. The van der Waals surface area contributed by atoms with Gasteiger partial charge in [0.25, 0.3) is 5.56 Å². The second kappa shape index (κ2) is 7.29. The molecule has 0 amide bonds. The van der Waals surface area contributed by atoms with Gasteiger partial charge in [0.15, 0.2) is 0 Å². The van der Waals surface area contributed by atoms with Crippen molar-refractivity contribution in [2.24, 2.45) is 0 Å². The predicted molar refractivity (Wildman–Crippen MR) is 94.5 cm³/mol. The molecule has 7 heteroatoms. The molecule has 1 unspecified atom stereocenters. The number of hydrogen-bond donors (Lipinski definition) is 2. The summed E-state index contributed by atoms with van der Waals surface area (Å²) in [6, 6.07) is 5.36. The molecule has 2 N–H and O–H groups in total. The van der Waals surface area contributed by atoms with E-state index in [1.54, 1.807) is 12.4 Å². The van der Waals surface area contributed by atoms with E-state index in [1.165, 1.54) is 6.07 Å². The summed E-state index contributed by atoms with van der Waals surface area (Å²) in [6.45, 7) is 5.80. The van der Waals surface area contributed by atoms with Gasteiger partial charge in [0.2, 0.25) is 5.95 Å². The topological polar surface area (TPSA) is 96.7 Å². The van der Waals surface area contributed by atoms with Crippen molar-refractivity contribution in [3.8, 4) is 0 Å². The number of aromatic amines is 1. The first-order chi connectivity index (χ1) is 12.0. The Morgan fingerprint density at radius 1 is 1.32 bits per heavy atom. The summed E-state index contributed by atoms with van der Waals surface area (Å²) in [7, 11) is 0. The molecule has 0 radical (unpaired) electrons. The van der Waals surface area contributed by atoms with Gasteiger partial charge in [0, 0.05) is 24.0 Å². The van der Waals surface area contributed by atoms with Crippen LogP contribution in [-0.2, 0) is 12.8 Å². The molecule has 0 aliphatic heterocycles. The predicted octanol–water partition coefficient (Wildman–Crippen LogP) is 2.73. The van der Waals surface area contributed by atoms with E-state index in [-0.39, 0.29) is 11.6 Å². The first kappa shape index (κ1) is 16.9. The van der Waals surface area contributed by atoms with Crippen molar-refractivity contribution >= 4 is 5.95 Å². The third kappa shape index (κ3) is 4.12. The number of rotatable bonds is 6. The summed E-state index contributed by atoms with van der Waals surface area (Å²) in [5, 5.41) is 7.17. The minimum atomic E-state index is -0.176. The molecule has 0 fully saturated rings. The van der Waals surface area contributed by atoms with Crippen molar-refractivity contribution < 1.29 is 4.52 Å². The molecule has 3 aromatic heterocycles. The molecule has 0 aromatic carbocycles. The number of aryl methyl sites for hydroxylation is 3. The molecule has 3 heterocycles. The van der Waals surface area contributed by atoms with Gasteiger partial charge in [-0.05, 0) is 45.2 Å². The fourth-order valence-corrected chi connectivity index (χ4v) is 2.74. The quantitative estimate of drug-likeness (QED) is 0.717. The first-order valence-electron chi connectivity index (χ1n) is 8.21. The normalized spacial score (nSPS) is 12.1. The average Bonchev–Trinajstić information content (AvgIpc) is 2.91. The maximum absolute atomic E-state index is 11.9. The summed E-state index contributed by atoms with van der Waals surface area (Å²) < 4.78 is 5.18. The molecule has 130 valence electrons. The number of aromatic nitrogens is 4. The highest BCUT2D eigenvalue weighted by Crippen LogP contribution is 2.17. The molecule has 0 saturated carbocycles. The standard InChI is InChI=1S/C18H21N5O2/c1-11(14-5-4-8-19-10-14)20-18-21-15(9-17(24)22-18)6-7-16-12(2)23-25-13(16)3/h4-5,8-11H,6-7H2,1-3H3,(H2,20,21,22,24). The number of H-pyrrole nitrogens is 1. The first-order valence-corrected chi connectivity index (χ1v) is 8.21. The molecular weight excluding hydrogens is 318 g/mol. The van der Waals surface area contributed by atoms with Gasteiger partial charge < -0.3 is 9.84 Å². The van der Waals surface area contributed by atoms with Crippen LogP contribution in [0, 0.1) is 13.8 Å². The SMILES string of the molecule is Cc1noc(C)c1CCc1cc(=O)[nH]c(NC(C)c2cccnc2)n1. The fraction of sp³-hybridized carbons (Fsp3) is 0.333. The number of nitrogens with zero attached hydrogens (tertiary/aromatic N) is 3. The van der Waals surface area contributed by atoms with Crippen molar-refractivity contribution in [2.75, 3.05) is 5.32 Å². The van der Waals surface area contributed by atoms with Gasteiger partial charge in [-0.2, -0.15) is 0 Å². The Hall–Kier alpha value is -2.96. The van der Waals surface area contributed by atoms with E-state index in [1.807, 2.05) is 32.9 Å². The molecule has 0 aliphatic carbocycles. The zero-order valence-corrected chi connectivity index (χ0v) is 14.5.